The molecule has 0 aromatic heterocycles. The largest absolute Gasteiger partial charge is 0.508 e. The molecule has 0 saturated carbocycles. The molecule has 0 radical (unpaired) electrons. The highest BCUT2D eigenvalue weighted by atomic mass is 35.5. The van der Waals surface area contributed by atoms with Gasteiger partial charge in [-0.05, 0) is 36.4 Å². The maximum Gasteiger partial charge on any atom is 0.418 e. The zero-order chi connectivity index (χ0) is 20.3. The normalized spacial score (nSPS) is 15.5. The molecule has 28 heavy (non-hydrogen) atoms. The minimum absolute atomic E-state index is 0.0219. The first-order valence-corrected chi connectivity index (χ1v) is 9.04. The number of carbonyl (C=O) groups is 1. The van der Waals surface area contributed by atoms with E-state index in [1.807, 2.05) is 17.0 Å². The van der Waals surface area contributed by atoms with Gasteiger partial charge in [0.25, 0.3) is 0 Å². The molecular weight excluding hydrogens is 395 g/mol. The molecule has 150 valence electrons. The summed E-state index contributed by atoms with van der Waals surface area (Å²) in [7, 11) is 0. The van der Waals surface area contributed by atoms with Gasteiger partial charge in [0.1, 0.15) is 5.75 Å². The number of hydrogen-bond donors (Lipinski definition) is 2. The summed E-state index contributed by atoms with van der Waals surface area (Å²) in [4.78, 5) is 16.3. The fourth-order valence-electron chi connectivity index (χ4n) is 3.10. The van der Waals surface area contributed by atoms with Crippen LogP contribution in [0.1, 0.15) is 5.56 Å². The third-order valence-corrected chi connectivity index (χ3v) is 4.85. The number of benzene rings is 2. The second kappa shape index (κ2) is 8.28. The molecule has 3 rings (SSSR count). The molecule has 1 amide bonds. The summed E-state index contributed by atoms with van der Waals surface area (Å²) in [5, 5.41) is 11.5. The van der Waals surface area contributed by atoms with E-state index < -0.39 is 23.3 Å². The molecule has 2 aromatic carbocycles. The lowest BCUT2D eigenvalue weighted by Crippen LogP contribution is -2.48. The predicted octanol–water partition coefficient (Wildman–Crippen LogP) is 3.83. The van der Waals surface area contributed by atoms with E-state index >= 15 is 0 Å². The highest BCUT2D eigenvalue weighted by Crippen LogP contribution is 2.38. The number of alkyl halides is 3. The van der Waals surface area contributed by atoms with Crippen molar-refractivity contribution in [3.8, 4) is 5.75 Å². The van der Waals surface area contributed by atoms with Crippen LogP contribution in [-0.4, -0.2) is 48.6 Å². The van der Waals surface area contributed by atoms with Crippen LogP contribution in [0.15, 0.2) is 42.5 Å². The van der Waals surface area contributed by atoms with Crippen LogP contribution in [0, 0.1) is 0 Å². The van der Waals surface area contributed by atoms with E-state index in [2.05, 4.69) is 10.2 Å². The van der Waals surface area contributed by atoms with Crippen molar-refractivity contribution < 1.29 is 23.1 Å². The zero-order valence-corrected chi connectivity index (χ0v) is 15.6. The summed E-state index contributed by atoms with van der Waals surface area (Å²) >= 11 is 5.87. The summed E-state index contributed by atoms with van der Waals surface area (Å²) in [6.07, 6.45) is -4.61. The minimum atomic E-state index is -4.61. The number of amides is 1. The van der Waals surface area contributed by atoms with Gasteiger partial charge in [-0.15, -0.1) is 0 Å². The van der Waals surface area contributed by atoms with Crippen molar-refractivity contribution in [3.63, 3.8) is 0 Å². The van der Waals surface area contributed by atoms with Crippen molar-refractivity contribution in [2.24, 2.45) is 0 Å². The van der Waals surface area contributed by atoms with E-state index in [-0.39, 0.29) is 17.3 Å². The molecule has 5 nitrogen and oxygen atoms in total. The van der Waals surface area contributed by atoms with Gasteiger partial charge < -0.3 is 15.3 Å². The third kappa shape index (κ3) is 4.88. The highest BCUT2D eigenvalue weighted by molar-refractivity contribution is 6.34. The molecule has 1 aliphatic heterocycles. The van der Waals surface area contributed by atoms with E-state index in [9.17, 15) is 23.1 Å². The van der Waals surface area contributed by atoms with Crippen LogP contribution in [0.5, 0.6) is 5.75 Å². The van der Waals surface area contributed by atoms with Crippen molar-refractivity contribution in [1.29, 1.82) is 0 Å². The number of anilines is 2. The molecule has 1 aliphatic rings. The maximum atomic E-state index is 13.1. The Morgan fingerprint density at radius 3 is 2.32 bits per heavy atom. The fraction of sp³-hybridized carbons (Fsp3) is 0.316. The number of nitrogens with zero attached hydrogens (tertiary/aromatic N) is 2. The molecule has 0 bridgehead atoms. The van der Waals surface area contributed by atoms with Crippen LogP contribution < -0.4 is 10.2 Å². The number of nitrogens with one attached hydrogen (secondary N) is 1. The van der Waals surface area contributed by atoms with Gasteiger partial charge in [0.05, 0.1) is 22.8 Å². The topological polar surface area (TPSA) is 55.8 Å². The smallest absolute Gasteiger partial charge is 0.418 e. The van der Waals surface area contributed by atoms with E-state index in [4.69, 9.17) is 11.6 Å². The van der Waals surface area contributed by atoms with Crippen LogP contribution in [0.25, 0.3) is 0 Å². The first-order chi connectivity index (χ1) is 13.2. The highest BCUT2D eigenvalue weighted by Gasteiger charge is 2.35. The van der Waals surface area contributed by atoms with E-state index in [1.165, 1.54) is 12.1 Å². The summed E-state index contributed by atoms with van der Waals surface area (Å²) in [5.41, 5.74) is -0.414. The molecule has 0 unspecified atom stereocenters. The Bertz CT molecular complexity index is 835. The zero-order valence-electron chi connectivity index (χ0n) is 14.8. The second-order valence-corrected chi connectivity index (χ2v) is 6.90. The van der Waals surface area contributed by atoms with Gasteiger partial charge in [0.15, 0.2) is 0 Å². The van der Waals surface area contributed by atoms with Gasteiger partial charge in [0, 0.05) is 31.9 Å². The van der Waals surface area contributed by atoms with Crippen molar-refractivity contribution in [1.82, 2.24) is 4.90 Å². The SMILES string of the molecule is O=C(CN1CCN(c2ccc(O)cc2)CC1)Nc1c(Cl)cccc1C(F)(F)F. The lowest BCUT2D eigenvalue weighted by molar-refractivity contribution is -0.137. The van der Waals surface area contributed by atoms with Crippen molar-refractivity contribution in [2.75, 3.05) is 42.9 Å². The Balaban J connectivity index is 1.58. The molecule has 2 aromatic rings. The number of phenols is 1. The van der Waals surface area contributed by atoms with Crippen LogP contribution in [0.4, 0.5) is 24.5 Å². The lowest BCUT2D eigenvalue weighted by Gasteiger charge is -2.35. The first-order valence-electron chi connectivity index (χ1n) is 8.66. The van der Waals surface area contributed by atoms with Crippen molar-refractivity contribution in [2.45, 2.75) is 6.18 Å². The van der Waals surface area contributed by atoms with Crippen LogP contribution in [0.2, 0.25) is 5.02 Å². The Kier molecular flexibility index (Phi) is 6.00. The monoisotopic (exact) mass is 413 g/mol. The van der Waals surface area contributed by atoms with Crippen LogP contribution in [0.3, 0.4) is 0 Å². The second-order valence-electron chi connectivity index (χ2n) is 6.49. The molecule has 1 heterocycles. The fourth-order valence-corrected chi connectivity index (χ4v) is 3.32. The van der Waals surface area contributed by atoms with E-state index in [1.54, 1.807) is 12.1 Å². The number of para-hydroxylation sites is 1. The van der Waals surface area contributed by atoms with Gasteiger partial charge in [-0.2, -0.15) is 13.2 Å². The quantitative estimate of drug-likeness (QED) is 0.800. The summed E-state index contributed by atoms with van der Waals surface area (Å²) in [6, 6.07) is 10.2. The Morgan fingerprint density at radius 1 is 1.07 bits per heavy atom. The average molecular weight is 414 g/mol. The summed E-state index contributed by atoms with van der Waals surface area (Å²) in [5.74, 6) is -0.353. The Labute approximate surface area is 165 Å². The summed E-state index contributed by atoms with van der Waals surface area (Å²) < 4.78 is 39.4. The number of aromatic hydroxyl groups is 1. The Hall–Kier alpha value is -2.45. The van der Waals surface area contributed by atoms with E-state index in [0.29, 0.717) is 26.2 Å². The molecule has 1 saturated heterocycles. The van der Waals surface area contributed by atoms with Crippen LogP contribution >= 0.6 is 11.6 Å². The van der Waals surface area contributed by atoms with Crippen molar-refractivity contribution in [3.05, 3.63) is 53.1 Å². The minimum Gasteiger partial charge on any atom is -0.508 e. The number of piperazine rings is 1. The number of rotatable bonds is 4. The lowest BCUT2D eigenvalue weighted by atomic mass is 10.1. The van der Waals surface area contributed by atoms with Gasteiger partial charge in [-0.25, -0.2) is 0 Å². The first kappa shape index (κ1) is 20.3. The number of hydrogen-bond acceptors (Lipinski definition) is 4. The number of carbonyl (C=O) groups excluding carboxylic acids is 1. The van der Waals surface area contributed by atoms with Gasteiger partial charge >= 0.3 is 6.18 Å². The Morgan fingerprint density at radius 2 is 1.71 bits per heavy atom. The predicted molar refractivity (Wildman–Crippen MR) is 102 cm³/mol. The molecule has 2 N–H and O–H groups in total. The van der Waals surface area contributed by atoms with Crippen LogP contribution in [-0.2, 0) is 11.0 Å². The molecule has 0 aliphatic carbocycles. The molecular formula is C19H19ClF3N3O2. The maximum absolute atomic E-state index is 13.1. The third-order valence-electron chi connectivity index (χ3n) is 4.54. The van der Waals surface area contributed by atoms with E-state index in [0.717, 1.165) is 11.8 Å². The molecule has 1 fully saturated rings. The summed E-state index contributed by atoms with van der Waals surface area (Å²) in [6.45, 7) is 2.48. The number of halogens is 4. The van der Waals surface area contributed by atoms with Gasteiger partial charge in [-0.3, -0.25) is 9.69 Å². The average Bonchev–Trinajstić information content (AvgIpc) is 2.64. The van der Waals surface area contributed by atoms with Gasteiger partial charge in [-0.1, -0.05) is 17.7 Å². The van der Waals surface area contributed by atoms with Crippen molar-refractivity contribution >= 4 is 28.9 Å². The number of phenolic OH excluding ortho intramolecular Hbond substituents is 1. The molecule has 0 spiro atoms. The standard InChI is InChI=1S/C19H19ClF3N3O2/c20-16-3-1-2-15(19(21,22)23)18(16)24-17(28)12-25-8-10-26(11-9-25)13-4-6-14(27)7-5-13/h1-7,27H,8-12H2,(H,24,28). The molecule has 9 heteroatoms. The van der Waals surface area contributed by atoms with Gasteiger partial charge in [0.2, 0.25) is 5.91 Å². The molecule has 0 atom stereocenters.